The molecule has 0 radical (unpaired) electrons. The third-order valence-electron chi connectivity index (χ3n) is 3.44. The van der Waals surface area contributed by atoms with Crippen LogP contribution in [0, 0.1) is 11.3 Å². The molecule has 0 unspecified atom stereocenters. The lowest BCUT2D eigenvalue weighted by molar-refractivity contribution is 0.506. The SMILES string of the molecule is CCN1C=CC=CC1=C(C#N)c1nc(-c2ccccc2)cs1. The molecule has 3 nitrogen and oxygen atoms in total. The Labute approximate surface area is 134 Å². The first-order chi connectivity index (χ1) is 10.8. The van der Waals surface area contributed by atoms with E-state index in [-0.39, 0.29) is 0 Å². The molecule has 0 aliphatic carbocycles. The van der Waals surface area contributed by atoms with E-state index in [9.17, 15) is 5.26 Å². The average Bonchev–Trinajstić information content (AvgIpc) is 3.07. The Hall–Kier alpha value is -2.64. The van der Waals surface area contributed by atoms with Crippen LogP contribution in [0.5, 0.6) is 0 Å². The van der Waals surface area contributed by atoms with Crippen LogP contribution in [0.15, 0.2) is 65.8 Å². The van der Waals surface area contributed by atoms with Crippen molar-refractivity contribution in [2.45, 2.75) is 6.92 Å². The van der Waals surface area contributed by atoms with Gasteiger partial charge in [0, 0.05) is 23.7 Å². The number of hydrogen-bond donors (Lipinski definition) is 0. The summed E-state index contributed by atoms with van der Waals surface area (Å²) in [5.41, 5.74) is 3.50. The molecule has 1 aliphatic rings. The first-order valence-corrected chi connectivity index (χ1v) is 7.98. The molecule has 1 aromatic heterocycles. The largest absolute Gasteiger partial charge is 0.347 e. The second kappa shape index (κ2) is 6.42. The van der Waals surface area contributed by atoms with Crippen LogP contribution < -0.4 is 0 Å². The minimum atomic E-state index is 0.620. The lowest BCUT2D eigenvalue weighted by Crippen LogP contribution is -2.17. The lowest BCUT2D eigenvalue weighted by Gasteiger charge is -2.22. The minimum absolute atomic E-state index is 0.620. The lowest BCUT2D eigenvalue weighted by atomic mass is 10.1. The maximum Gasteiger partial charge on any atom is 0.136 e. The van der Waals surface area contributed by atoms with Crippen molar-refractivity contribution in [3.8, 4) is 17.3 Å². The number of thiazole rings is 1. The normalized spacial score (nSPS) is 15.7. The molecule has 0 fully saturated rings. The van der Waals surface area contributed by atoms with Crippen molar-refractivity contribution >= 4 is 16.9 Å². The van der Waals surface area contributed by atoms with E-state index >= 15 is 0 Å². The van der Waals surface area contributed by atoms with E-state index in [1.807, 2.05) is 60.1 Å². The van der Waals surface area contributed by atoms with E-state index in [0.717, 1.165) is 28.5 Å². The van der Waals surface area contributed by atoms with Crippen LogP contribution in [0.1, 0.15) is 11.9 Å². The third-order valence-corrected chi connectivity index (χ3v) is 4.30. The predicted molar refractivity (Wildman–Crippen MR) is 90.7 cm³/mol. The standard InChI is InChI=1S/C18H15N3S/c1-2-21-11-7-6-10-17(21)15(12-19)18-20-16(13-22-18)14-8-4-3-5-9-14/h3-11,13H,2H2,1H3. The number of aromatic nitrogens is 1. The molecule has 1 aromatic carbocycles. The van der Waals surface area contributed by atoms with Gasteiger partial charge in [0.1, 0.15) is 16.6 Å². The smallest absolute Gasteiger partial charge is 0.136 e. The Morgan fingerprint density at radius 3 is 2.82 bits per heavy atom. The van der Waals surface area contributed by atoms with Crippen molar-refractivity contribution in [2.24, 2.45) is 0 Å². The Kier molecular flexibility index (Phi) is 4.17. The molecule has 2 heterocycles. The van der Waals surface area contributed by atoms with E-state index in [2.05, 4.69) is 22.9 Å². The van der Waals surface area contributed by atoms with E-state index in [0.29, 0.717) is 5.57 Å². The van der Waals surface area contributed by atoms with Gasteiger partial charge in [0.25, 0.3) is 0 Å². The van der Waals surface area contributed by atoms with Crippen molar-refractivity contribution in [3.05, 3.63) is 70.8 Å². The highest BCUT2D eigenvalue weighted by atomic mass is 32.1. The average molecular weight is 305 g/mol. The fourth-order valence-electron chi connectivity index (χ4n) is 2.32. The molecule has 0 saturated heterocycles. The topological polar surface area (TPSA) is 39.9 Å². The Morgan fingerprint density at radius 2 is 2.09 bits per heavy atom. The summed E-state index contributed by atoms with van der Waals surface area (Å²) in [6.07, 6.45) is 7.87. The van der Waals surface area contributed by atoms with E-state index < -0.39 is 0 Å². The van der Waals surface area contributed by atoms with Gasteiger partial charge in [-0.2, -0.15) is 5.26 Å². The van der Waals surface area contributed by atoms with Crippen LogP contribution in [0.3, 0.4) is 0 Å². The van der Waals surface area contributed by atoms with Gasteiger partial charge >= 0.3 is 0 Å². The van der Waals surface area contributed by atoms with E-state index in [1.165, 1.54) is 11.3 Å². The quantitative estimate of drug-likeness (QED) is 0.786. The zero-order chi connectivity index (χ0) is 15.4. The highest BCUT2D eigenvalue weighted by molar-refractivity contribution is 7.11. The molecule has 0 atom stereocenters. The molecule has 0 bridgehead atoms. The summed E-state index contributed by atoms with van der Waals surface area (Å²) in [6, 6.07) is 12.3. The fraction of sp³-hybridized carbons (Fsp3) is 0.111. The highest BCUT2D eigenvalue weighted by Gasteiger charge is 2.16. The summed E-state index contributed by atoms with van der Waals surface area (Å²) in [4.78, 5) is 6.71. The van der Waals surface area contributed by atoms with Crippen LogP contribution >= 0.6 is 11.3 Å². The zero-order valence-electron chi connectivity index (χ0n) is 12.2. The van der Waals surface area contributed by atoms with Gasteiger partial charge < -0.3 is 4.90 Å². The Morgan fingerprint density at radius 1 is 1.27 bits per heavy atom. The van der Waals surface area contributed by atoms with Crippen LogP contribution in [0.4, 0.5) is 0 Å². The minimum Gasteiger partial charge on any atom is -0.347 e. The summed E-state index contributed by atoms with van der Waals surface area (Å²) in [5, 5.41) is 12.4. The molecular weight excluding hydrogens is 290 g/mol. The third kappa shape index (κ3) is 2.72. The van der Waals surface area contributed by atoms with Gasteiger partial charge in [-0.1, -0.05) is 36.4 Å². The molecule has 1 aliphatic heterocycles. The Balaban J connectivity index is 2.03. The molecule has 108 valence electrons. The highest BCUT2D eigenvalue weighted by Crippen LogP contribution is 2.29. The number of rotatable bonds is 3. The summed E-state index contributed by atoms with van der Waals surface area (Å²) >= 11 is 1.51. The number of nitrogens with zero attached hydrogens (tertiary/aromatic N) is 3. The molecule has 0 amide bonds. The number of benzene rings is 1. The molecule has 0 N–H and O–H groups in total. The summed E-state index contributed by atoms with van der Waals surface area (Å²) in [5.74, 6) is 0. The first kappa shape index (κ1) is 14.3. The number of nitriles is 1. The van der Waals surface area contributed by atoms with Crippen molar-refractivity contribution < 1.29 is 0 Å². The molecule has 2 aromatic rings. The van der Waals surface area contributed by atoms with Gasteiger partial charge in [0.15, 0.2) is 0 Å². The summed E-state index contributed by atoms with van der Waals surface area (Å²) in [6.45, 7) is 2.88. The summed E-state index contributed by atoms with van der Waals surface area (Å²) < 4.78 is 0. The van der Waals surface area contributed by atoms with Gasteiger partial charge in [-0.3, -0.25) is 0 Å². The van der Waals surface area contributed by atoms with Crippen LogP contribution in [-0.4, -0.2) is 16.4 Å². The van der Waals surface area contributed by atoms with Crippen LogP contribution in [-0.2, 0) is 0 Å². The van der Waals surface area contributed by atoms with Crippen molar-refractivity contribution in [1.82, 2.24) is 9.88 Å². The number of hydrogen-bond acceptors (Lipinski definition) is 4. The molecular formula is C18H15N3S. The zero-order valence-corrected chi connectivity index (χ0v) is 13.0. The molecule has 22 heavy (non-hydrogen) atoms. The van der Waals surface area contributed by atoms with Gasteiger partial charge in [0.05, 0.1) is 11.4 Å². The van der Waals surface area contributed by atoms with Crippen LogP contribution in [0.2, 0.25) is 0 Å². The second-order valence-corrected chi connectivity index (χ2v) is 5.62. The molecule has 4 heteroatoms. The maximum absolute atomic E-state index is 9.60. The maximum atomic E-state index is 9.60. The van der Waals surface area contributed by atoms with E-state index in [4.69, 9.17) is 0 Å². The van der Waals surface area contributed by atoms with Crippen molar-refractivity contribution in [1.29, 1.82) is 5.26 Å². The first-order valence-electron chi connectivity index (χ1n) is 7.10. The molecule has 3 rings (SSSR count). The van der Waals surface area contributed by atoms with Gasteiger partial charge in [0.2, 0.25) is 0 Å². The van der Waals surface area contributed by atoms with Gasteiger partial charge in [-0.05, 0) is 19.1 Å². The fourth-order valence-corrected chi connectivity index (χ4v) is 3.15. The number of allylic oxidation sites excluding steroid dienone is 4. The Bertz CT molecular complexity index is 791. The number of likely N-dealkylation sites (N-methyl/N-ethyl adjacent to an activating group) is 1. The monoisotopic (exact) mass is 305 g/mol. The van der Waals surface area contributed by atoms with Crippen LogP contribution in [0.25, 0.3) is 16.8 Å². The molecule has 0 spiro atoms. The predicted octanol–water partition coefficient (Wildman–Crippen LogP) is 4.45. The van der Waals surface area contributed by atoms with E-state index in [1.54, 1.807) is 0 Å². The molecule has 0 saturated carbocycles. The summed E-state index contributed by atoms with van der Waals surface area (Å²) in [7, 11) is 0. The second-order valence-electron chi connectivity index (χ2n) is 4.76. The van der Waals surface area contributed by atoms with Gasteiger partial charge in [-0.15, -0.1) is 11.3 Å². The van der Waals surface area contributed by atoms with Gasteiger partial charge in [-0.25, -0.2) is 4.98 Å². The van der Waals surface area contributed by atoms with Crippen molar-refractivity contribution in [3.63, 3.8) is 0 Å². The van der Waals surface area contributed by atoms with Crippen molar-refractivity contribution in [2.75, 3.05) is 6.54 Å².